The molecule has 5 atom stereocenters. The molecular formula is C11H19N2O12P3S. The zero-order valence-electron chi connectivity index (χ0n) is 15.0. The van der Waals surface area contributed by atoms with E-state index < -0.39 is 52.0 Å². The molecule has 1 saturated heterocycles. The topological polar surface area (TPSA) is 207 Å². The van der Waals surface area contributed by atoms with Gasteiger partial charge >= 0.3 is 28.1 Å². The molecule has 0 bridgehead atoms. The van der Waals surface area contributed by atoms with Gasteiger partial charge in [-0.15, -0.1) is 0 Å². The van der Waals surface area contributed by atoms with Gasteiger partial charge in [0, 0.05) is 18.2 Å². The Labute approximate surface area is 168 Å². The van der Waals surface area contributed by atoms with Crippen molar-refractivity contribution in [2.24, 2.45) is 0 Å². The number of hydrogen-bond donors (Lipinski definition) is 5. The highest BCUT2D eigenvalue weighted by Gasteiger charge is 2.43. The third-order valence-corrected chi connectivity index (χ3v) is 8.45. The van der Waals surface area contributed by atoms with Gasteiger partial charge in [0.2, 0.25) is 0 Å². The van der Waals surface area contributed by atoms with E-state index in [0.717, 1.165) is 4.57 Å². The van der Waals surface area contributed by atoms with Crippen LogP contribution in [-0.2, 0) is 38.8 Å². The van der Waals surface area contributed by atoms with Crippen molar-refractivity contribution in [3.8, 4) is 0 Å². The van der Waals surface area contributed by atoms with Gasteiger partial charge in [-0.1, -0.05) is 6.92 Å². The van der Waals surface area contributed by atoms with Gasteiger partial charge in [-0.3, -0.25) is 14.3 Å². The van der Waals surface area contributed by atoms with E-state index in [1.165, 1.54) is 13.1 Å². The lowest BCUT2D eigenvalue weighted by atomic mass is 10.1. The summed E-state index contributed by atoms with van der Waals surface area (Å²) in [6.07, 6.45) is -1.09. The summed E-state index contributed by atoms with van der Waals surface area (Å²) >= 11 is 4.62. The van der Waals surface area contributed by atoms with Crippen molar-refractivity contribution in [2.75, 3.05) is 0 Å². The number of nitrogens with zero attached hydrogens (tertiary/aromatic N) is 1. The van der Waals surface area contributed by atoms with Crippen LogP contribution in [0.15, 0.2) is 15.8 Å². The molecule has 0 aliphatic carbocycles. The van der Waals surface area contributed by atoms with Crippen LogP contribution in [0.2, 0.25) is 0 Å². The lowest BCUT2D eigenvalue weighted by Gasteiger charge is -2.24. The maximum absolute atomic E-state index is 12.0. The summed E-state index contributed by atoms with van der Waals surface area (Å²) < 4.78 is 42.1. The summed E-state index contributed by atoms with van der Waals surface area (Å²) in [7, 11) is -10.9. The standard InChI is InChI=1S/C11H19N2O12P3S/c1-3-7-8(23-28(21,29)25-27(19,20)24-26(16,17)18)4-9(22-7)13-5-6(2)10(14)12-11(13)15/h5,7-9H,3-4H2,1-2H3,(H,19,20)(H,21,29)(H,12,14,15)(H2,16,17,18)/t7-,8+,9-,28?/m1/s1. The van der Waals surface area contributed by atoms with Crippen LogP contribution in [0.1, 0.15) is 31.6 Å². The molecule has 1 fully saturated rings. The van der Waals surface area contributed by atoms with Crippen molar-refractivity contribution in [1.29, 1.82) is 0 Å². The summed E-state index contributed by atoms with van der Waals surface area (Å²) in [6, 6.07) is 0. The summed E-state index contributed by atoms with van der Waals surface area (Å²) in [6.45, 7) is -1.34. The smallest absolute Gasteiger partial charge is 0.352 e. The van der Waals surface area contributed by atoms with E-state index in [4.69, 9.17) is 19.0 Å². The minimum absolute atomic E-state index is 0.0543. The Balaban J connectivity index is 2.18. The molecule has 166 valence electrons. The number of nitrogens with one attached hydrogen (secondary N) is 1. The Morgan fingerprint density at radius 1 is 1.28 bits per heavy atom. The van der Waals surface area contributed by atoms with E-state index in [-0.39, 0.29) is 12.0 Å². The number of aryl methyl sites for hydroxylation is 1. The maximum atomic E-state index is 12.0. The second kappa shape index (κ2) is 8.91. The zero-order chi connectivity index (χ0) is 22.2. The monoisotopic (exact) mass is 496 g/mol. The highest BCUT2D eigenvalue weighted by Crippen LogP contribution is 2.67. The minimum Gasteiger partial charge on any atom is -0.352 e. The van der Waals surface area contributed by atoms with Crippen LogP contribution >= 0.6 is 22.4 Å². The van der Waals surface area contributed by atoms with Crippen molar-refractivity contribution in [3.05, 3.63) is 32.6 Å². The summed E-state index contributed by atoms with van der Waals surface area (Å²) in [4.78, 5) is 62.2. The molecule has 0 radical (unpaired) electrons. The molecule has 0 amide bonds. The van der Waals surface area contributed by atoms with Crippen LogP contribution in [0.3, 0.4) is 0 Å². The zero-order valence-corrected chi connectivity index (χ0v) is 18.5. The van der Waals surface area contributed by atoms with E-state index >= 15 is 0 Å². The van der Waals surface area contributed by atoms with Gasteiger partial charge < -0.3 is 28.8 Å². The third-order valence-electron chi connectivity index (χ3n) is 3.72. The molecule has 2 unspecified atom stereocenters. The molecule has 0 saturated carbocycles. The first-order chi connectivity index (χ1) is 13.1. The quantitative estimate of drug-likeness (QED) is 0.309. The number of aromatic amines is 1. The molecule has 1 aliphatic rings. The van der Waals surface area contributed by atoms with E-state index in [0.29, 0.717) is 6.42 Å². The van der Waals surface area contributed by atoms with Crippen molar-refractivity contribution >= 4 is 34.2 Å². The largest absolute Gasteiger partial charge is 0.488 e. The number of aromatic nitrogens is 2. The third kappa shape index (κ3) is 7.00. The van der Waals surface area contributed by atoms with Crippen molar-refractivity contribution in [1.82, 2.24) is 9.55 Å². The lowest BCUT2D eigenvalue weighted by molar-refractivity contribution is -0.0195. The van der Waals surface area contributed by atoms with E-state index in [9.17, 15) is 28.5 Å². The molecule has 29 heavy (non-hydrogen) atoms. The number of ether oxygens (including phenoxy) is 1. The fourth-order valence-electron chi connectivity index (χ4n) is 2.61. The molecule has 2 rings (SSSR count). The Kier molecular flexibility index (Phi) is 7.60. The predicted molar refractivity (Wildman–Crippen MR) is 100 cm³/mol. The van der Waals surface area contributed by atoms with Crippen LogP contribution in [-0.4, -0.2) is 41.3 Å². The van der Waals surface area contributed by atoms with Gasteiger partial charge in [-0.25, -0.2) is 18.2 Å². The molecule has 1 aromatic rings. The fourth-order valence-corrected chi connectivity index (χ4v) is 6.93. The lowest BCUT2D eigenvalue weighted by Crippen LogP contribution is -2.33. The highest BCUT2D eigenvalue weighted by molar-refractivity contribution is 8.08. The van der Waals surface area contributed by atoms with Gasteiger partial charge in [0.1, 0.15) is 6.23 Å². The first kappa shape index (κ1) is 24.7. The average Bonchev–Trinajstić information content (AvgIpc) is 2.88. The van der Waals surface area contributed by atoms with Crippen LogP contribution < -0.4 is 11.2 Å². The van der Waals surface area contributed by atoms with Crippen LogP contribution in [0.4, 0.5) is 0 Å². The molecule has 18 heteroatoms. The van der Waals surface area contributed by atoms with E-state index in [1.807, 2.05) is 0 Å². The van der Waals surface area contributed by atoms with E-state index in [1.54, 1.807) is 6.92 Å². The molecule has 0 aromatic carbocycles. The normalized spacial score (nSPS) is 26.8. The summed E-state index contributed by atoms with van der Waals surface area (Å²) in [5.41, 5.74) is -1.06. The van der Waals surface area contributed by atoms with Crippen molar-refractivity contribution < 1.29 is 46.6 Å². The Morgan fingerprint density at radius 2 is 1.90 bits per heavy atom. The minimum atomic E-state index is -5.44. The first-order valence-corrected chi connectivity index (χ1v) is 13.5. The predicted octanol–water partition coefficient (Wildman–Crippen LogP) is 0.371. The van der Waals surface area contributed by atoms with Gasteiger partial charge in [0.15, 0.2) is 0 Å². The second-order valence-corrected chi connectivity index (χ2v) is 11.7. The van der Waals surface area contributed by atoms with Gasteiger partial charge in [0.05, 0.1) is 12.2 Å². The maximum Gasteiger partial charge on any atom is 0.488 e. The van der Waals surface area contributed by atoms with Crippen molar-refractivity contribution in [2.45, 2.75) is 45.1 Å². The van der Waals surface area contributed by atoms with Crippen LogP contribution in [0, 0.1) is 6.92 Å². The number of H-pyrrole nitrogens is 1. The first-order valence-electron chi connectivity index (χ1n) is 7.92. The van der Waals surface area contributed by atoms with Gasteiger partial charge in [-0.2, -0.15) is 4.31 Å². The number of phosphoric acid groups is 2. The molecule has 0 spiro atoms. The number of rotatable bonds is 8. The fraction of sp³-hybridized carbons (Fsp3) is 0.636. The molecule has 1 aliphatic heterocycles. The van der Waals surface area contributed by atoms with Crippen molar-refractivity contribution in [3.63, 3.8) is 0 Å². The highest BCUT2D eigenvalue weighted by atomic mass is 32.5. The molecule has 5 N–H and O–H groups in total. The van der Waals surface area contributed by atoms with E-state index in [2.05, 4.69) is 25.4 Å². The van der Waals surface area contributed by atoms with Crippen LogP contribution in [0.25, 0.3) is 0 Å². The molecule has 2 heterocycles. The summed E-state index contributed by atoms with van der Waals surface area (Å²) in [5, 5.41) is 0. The summed E-state index contributed by atoms with van der Waals surface area (Å²) in [5.74, 6) is 0. The SMILES string of the molecule is CC[C@H]1O[C@@H](n2cc(C)c(=O)[nH]c2=O)C[C@@H]1OP(O)(=S)OP(=O)(O)OP(=O)(O)O. The van der Waals surface area contributed by atoms with Gasteiger partial charge in [-0.05, 0) is 25.2 Å². The average molecular weight is 496 g/mol. The van der Waals surface area contributed by atoms with Gasteiger partial charge in [0.25, 0.3) is 5.56 Å². The molecule has 1 aromatic heterocycles. The second-order valence-electron chi connectivity index (χ2n) is 5.99. The Hall–Kier alpha value is -0.530. The number of hydrogen-bond acceptors (Lipinski definition) is 9. The molecular weight excluding hydrogens is 477 g/mol. The Bertz CT molecular complexity index is 1020. The Morgan fingerprint density at radius 3 is 2.45 bits per heavy atom. The molecule has 14 nitrogen and oxygen atoms in total. The van der Waals surface area contributed by atoms with Crippen LogP contribution in [0.5, 0.6) is 0 Å².